The maximum Gasteiger partial charge on any atom is 0.343 e. The third-order valence-corrected chi connectivity index (χ3v) is 4.17. The highest BCUT2D eigenvalue weighted by molar-refractivity contribution is 9.10. The molecule has 3 aromatic rings. The van der Waals surface area contributed by atoms with Crippen LogP contribution in [0.15, 0.2) is 65.1 Å². The van der Waals surface area contributed by atoms with Gasteiger partial charge in [-0.25, -0.2) is 4.79 Å². The fraction of sp³-hybridized carbons (Fsp3) is 0.0556. The smallest absolute Gasteiger partial charge is 0.343 e. The van der Waals surface area contributed by atoms with Crippen LogP contribution < -0.4 is 9.47 Å². The van der Waals surface area contributed by atoms with E-state index in [2.05, 4.69) is 15.9 Å². The lowest BCUT2D eigenvalue weighted by molar-refractivity contribution is 0.0734. The summed E-state index contributed by atoms with van der Waals surface area (Å²) < 4.78 is 11.3. The third-order valence-electron chi connectivity index (χ3n) is 3.36. The number of fused-ring (bicyclic) bond motifs is 1. The summed E-state index contributed by atoms with van der Waals surface area (Å²) in [5, 5.41) is 2.08. The Labute approximate surface area is 136 Å². The predicted octanol–water partition coefficient (Wildman–Crippen LogP) is 4.83. The summed E-state index contributed by atoms with van der Waals surface area (Å²) in [4.78, 5) is 12.2. The van der Waals surface area contributed by atoms with Gasteiger partial charge in [-0.1, -0.05) is 30.3 Å². The molecule has 3 rings (SSSR count). The predicted molar refractivity (Wildman–Crippen MR) is 89.6 cm³/mol. The first kappa shape index (κ1) is 14.6. The Balaban J connectivity index is 1.88. The zero-order valence-electron chi connectivity index (χ0n) is 11.9. The number of carbonyl (C=O) groups excluding carboxylic acids is 1. The third kappa shape index (κ3) is 2.83. The Kier molecular flexibility index (Phi) is 4.11. The lowest BCUT2D eigenvalue weighted by Gasteiger charge is -2.09. The van der Waals surface area contributed by atoms with E-state index in [1.807, 2.05) is 30.3 Å². The second-order valence-electron chi connectivity index (χ2n) is 4.72. The molecule has 0 aliphatic carbocycles. The van der Waals surface area contributed by atoms with Crippen LogP contribution in [0, 0.1) is 0 Å². The van der Waals surface area contributed by atoms with E-state index in [1.54, 1.807) is 37.4 Å². The minimum Gasteiger partial charge on any atom is -0.497 e. The Morgan fingerprint density at radius 2 is 1.68 bits per heavy atom. The monoisotopic (exact) mass is 356 g/mol. The molecule has 0 saturated heterocycles. The van der Waals surface area contributed by atoms with Gasteiger partial charge in [-0.05, 0) is 57.0 Å². The van der Waals surface area contributed by atoms with Crippen LogP contribution in [0.2, 0.25) is 0 Å². The van der Waals surface area contributed by atoms with Crippen LogP contribution in [0.25, 0.3) is 10.8 Å². The second-order valence-corrected chi connectivity index (χ2v) is 5.51. The molecule has 0 radical (unpaired) electrons. The van der Waals surface area contributed by atoms with Gasteiger partial charge in [-0.15, -0.1) is 0 Å². The summed E-state index contributed by atoms with van der Waals surface area (Å²) in [6.45, 7) is 0. The van der Waals surface area contributed by atoms with E-state index in [1.165, 1.54) is 0 Å². The fourth-order valence-electron chi connectivity index (χ4n) is 2.18. The van der Waals surface area contributed by atoms with Crippen LogP contribution in [0.3, 0.4) is 0 Å². The van der Waals surface area contributed by atoms with E-state index in [9.17, 15) is 4.79 Å². The molecule has 3 nitrogen and oxygen atoms in total. The largest absolute Gasteiger partial charge is 0.497 e. The van der Waals surface area contributed by atoms with Crippen LogP contribution in [-0.4, -0.2) is 13.1 Å². The van der Waals surface area contributed by atoms with Gasteiger partial charge < -0.3 is 9.47 Å². The van der Waals surface area contributed by atoms with Gasteiger partial charge in [-0.3, -0.25) is 0 Å². The SMILES string of the molecule is COc1ccc(C(=O)Oc2ccc3ccccc3c2Br)cc1. The first-order valence-electron chi connectivity index (χ1n) is 6.72. The van der Waals surface area contributed by atoms with Crippen molar-refractivity contribution in [3.05, 3.63) is 70.7 Å². The van der Waals surface area contributed by atoms with Gasteiger partial charge in [0.05, 0.1) is 17.1 Å². The molecule has 0 bridgehead atoms. The molecular weight excluding hydrogens is 344 g/mol. The van der Waals surface area contributed by atoms with E-state index in [0.29, 0.717) is 17.1 Å². The molecule has 0 saturated carbocycles. The van der Waals surface area contributed by atoms with Crippen molar-refractivity contribution in [3.63, 3.8) is 0 Å². The summed E-state index contributed by atoms with van der Waals surface area (Å²) >= 11 is 3.51. The average molecular weight is 357 g/mol. The van der Waals surface area contributed by atoms with E-state index in [0.717, 1.165) is 15.2 Å². The number of methoxy groups -OCH3 is 1. The number of carbonyl (C=O) groups is 1. The molecule has 3 aromatic carbocycles. The molecule has 0 heterocycles. The molecular formula is C18H13BrO3. The van der Waals surface area contributed by atoms with Crippen molar-refractivity contribution >= 4 is 32.7 Å². The van der Waals surface area contributed by atoms with Gasteiger partial charge in [0.15, 0.2) is 0 Å². The van der Waals surface area contributed by atoms with Crippen LogP contribution in [0.5, 0.6) is 11.5 Å². The van der Waals surface area contributed by atoms with Crippen LogP contribution in [0.4, 0.5) is 0 Å². The topological polar surface area (TPSA) is 35.5 Å². The molecule has 0 aromatic heterocycles. The summed E-state index contributed by atoms with van der Waals surface area (Å²) in [6.07, 6.45) is 0. The Bertz CT molecular complexity index is 825. The van der Waals surface area contributed by atoms with Crippen LogP contribution in [-0.2, 0) is 0 Å². The van der Waals surface area contributed by atoms with Crippen LogP contribution in [0.1, 0.15) is 10.4 Å². The molecule has 0 spiro atoms. The molecule has 4 heteroatoms. The van der Waals surface area contributed by atoms with Crippen molar-refractivity contribution in [1.29, 1.82) is 0 Å². The zero-order valence-corrected chi connectivity index (χ0v) is 13.5. The van der Waals surface area contributed by atoms with Crippen LogP contribution >= 0.6 is 15.9 Å². The van der Waals surface area contributed by atoms with E-state index in [4.69, 9.17) is 9.47 Å². The molecule has 110 valence electrons. The molecule has 0 fully saturated rings. The second kappa shape index (κ2) is 6.20. The highest BCUT2D eigenvalue weighted by Crippen LogP contribution is 2.33. The number of rotatable bonds is 3. The number of benzene rings is 3. The number of ether oxygens (including phenoxy) is 2. The van der Waals surface area contributed by atoms with E-state index >= 15 is 0 Å². The van der Waals surface area contributed by atoms with Crippen molar-refractivity contribution in [3.8, 4) is 11.5 Å². The molecule has 0 atom stereocenters. The maximum atomic E-state index is 12.2. The summed E-state index contributed by atoms with van der Waals surface area (Å²) in [5.74, 6) is 0.793. The van der Waals surface area contributed by atoms with Crippen molar-refractivity contribution < 1.29 is 14.3 Å². The minimum atomic E-state index is -0.404. The van der Waals surface area contributed by atoms with Gasteiger partial charge in [0.1, 0.15) is 11.5 Å². The lowest BCUT2D eigenvalue weighted by atomic mass is 10.1. The number of halogens is 1. The van der Waals surface area contributed by atoms with Gasteiger partial charge in [-0.2, -0.15) is 0 Å². The van der Waals surface area contributed by atoms with Crippen molar-refractivity contribution in [2.45, 2.75) is 0 Å². The van der Waals surface area contributed by atoms with Gasteiger partial charge in [0.2, 0.25) is 0 Å². The Morgan fingerprint density at radius 1 is 0.955 bits per heavy atom. The van der Waals surface area contributed by atoms with Crippen molar-refractivity contribution in [1.82, 2.24) is 0 Å². The van der Waals surface area contributed by atoms with Crippen molar-refractivity contribution in [2.24, 2.45) is 0 Å². The summed E-state index contributed by atoms with van der Waals surface area (Å²) in [7, 11) is 1.58. The van der Waals surface area contributed by atoms with Gasteiger partial charge in [0.25, 0.3) is 0 Å². The normalized spacial score (nSPS) is 10.5. The summed E-state index contributed by atoms with van der Waals surface area (Å²) in [6, 6.07) is 18.4. The minimum absolute atomic E-state index is 0.404. The lowest BCUT2D eigenvalue weighted by Crippen LogP contribution is -2.08. The fourth-order valence-corrected chi connectivity index (χ4v) is 2.75. The molecule has 0 aliphatic rings. The maximum absolute atomic E-state index is 12.2. The Hall–Kier alpha value is -2.33. The number of esters is 1. The van der Waals surface area contributed by atoms with E-state index < -0.39 is 5.97 Å². The van der Waals surface area contributed by atoms with E-state index in [-0.39, 0.29) is 0 Å². The molecule has 22 heavy (non-hydrogen) atoms. The quantitative estimate of drug-likeness (QED) is 0.498. The van der Waals surface area contributed by atoms with Crippen molar-refractivity contribution in [2.75, 3.05) is 7.11 Å². The van der Waals surface area contributed by atoms with Gasteiger partial charge in [0, 0.05) is 0 Å². The molecule has 0 amide bonds. The number of hydrogen-bond acceptors (Lipinski definition) is 3. The first-order chi connectivity index (χ1) is 10.7. The Morgan fingerprint density at radius 3 is 2.41 bits per heavy atom. The molecule has 0 aliphatic heterocycles. The average Bonchev–Trinajstić information content (AvgIpc) is 2.57. The standard InChI is InChI=1S/C18H13BrO3/c1-21-14-9-6-13(7-10-14)18(20)22-16-11-8-12-4-2-3-5-15(12)17(16)19/h2-11H,1H3. The number of hydrogen-bond donors (Lipinski definition) is 0. The highest BCUT2D eigenvalue weighted by atomic mass is 79.9. The van der Waals surface area contributed by atoms with Gasteiger partial charge >= 0.3 is 5.97 Å². The first-order valence-corrected chi connectivity index (χ1v) is 7.52. The highest BCUT2D eigenvalue weighted by Gasteiger charge is 2.12. The molecule has 0 unspecified atom stereocenters. The molecule has 0 N–H and O–H groups in total. The summed E-state index contributed by atoms with van der Waals surface area (Å²) in [5.41, 5.74) is 0.473. The zero-order chi connectivity index (χ0) is 15.5.